The standard InChI is InChI=1S/C23H26N4O4/c1-5-11-27-15(2)12-19(16(27)3)13-20(14-24)23(30)31-17(4)21(28)25-26-22(29)18-9-7-6-8-10-18/h6-10,12-13,17H,5,11H2,1-4H3,(H,25,28)(H,26,29)/b20-13+/t17-/m0/s1. The van der Waals surface area contributed by atoms with Gasteiger partial charge in [0.15, 0.2) is 6.10 Å². The van der Waals surface area contributed by atoms with Gasteiger partial charge in [0.2, 0.25) is 0 Å². The lowest BCUT2D eigenvalue weighted by Crippen LogP contribution is -2.46. The first-order valence-corrected chi connectivity index (χ1v) is 9.93. The Hall–Kier alpha value is -3.86. The van der Waals surface area contributed by atoms with Crippen LogP contribution in [-0.2, 0) is 20.9 Å². The summed E-state index contributed by atoms with van der Waals surface area (Å²) >= 11 is 0. The highest BCUT2D eigenvalue weighted by Gasteiger charge is 2.21. The zero-order valence-corrected chi connectivity index (χ0v) is 18.1. The topological polar surface area (TPSA) is 113 Å². The van der Waals surface area contributed by atoms with Crippen LogP contribution < -0.4 is 10.9 Å². The Balaban J connectivity index is 2.01. The van der Waals surface area contributed by atoms with Crippen molar-refractivity contribution < 1.29 is 19.1 Å². The molecule has 1 heterocycles. The molecule has 0 unspecified atom stereocenters. The van der Waals surface area contributed by atoms with E-state index in [0.29, 0.717) is 5.56 Å². The number of hydrogen-bond acceptors (Lipinski definition) is 5. The molecule has 31 heavy (non-hydrogen) atoms. The van der Waals surface area contributed by atoms with Crippen molar-refractivity contribution in [1.29, 1.82) is 5.26 Å². The molecule has 2 N–H and O–H groups in total. The minimum absolute atomic E-state index is 0.218. The summed E-state index contributed by atoms with van der Waals surface area (Å²) in [6, 6.07) is 12.0. The molecule has 0 saturated carbocycles. The molecular formula is C23H26N4O4. The number of benzene rings is 1. The molecule has 1 atom stereocenters. The van der Waals surface area contributed by atoms with Crippen LogP contribution in [0.15, 0.2) is 42.0 Å². The molecule has 0 spiro atoms. The van der Waals surface area contributed by atoms with Crippen molar-refractivity contribution in [3.05, 3.63) is 64.5 Å². The van der Waals surface area contributed by atoms with Crippen LogP contribution in [0.5, 0.6) is 0 Å². The van der Waals surface area contributed by atoms with Crippen molar-refractivity contribution in [2.24, 2.45) is 0 Å². The van der Waals surface area contributed by atoms with E-state index in [1.165, 1.54) is 13.0 Å². The van der Waals surface area contributed by atoms with Gasteiger partial charge < -0.3 is 9.30 Å². The summed E-state index contributed by atoms with van der Waals surface area (Å²) in [7, 11) is 0. The van der Waals surface area contributed by atoms with E-state index in [1.54, 1.807) is 30.3 Å². The third-order valence-electron chi connectivity index (χ3n) is 4.69. The first-order chi connectivity index (χ1) is 14.8. The largest absolute Gasteiger partial charge is 0.448 e. The van der Waals surface area contributed by atoms with Crippen LogP contribution in [0.4, 0.5) is 0 Å². The monoisotopic (exact) mass is 422 g/mol. The number of carbonyl (C=O) groups excluding carboxylic acids is 3. The normalized spacial score (nSPS) is 11.9. The second kappa shape index (κ2) is 10.8. The van der Waals surface area contributed by atoms with Crippen LogP contribution in [0.3, 0.4) is 0 Å². The highest BCUT2D eigenvalue weighted by Crippen LogP contribution is 2.19. The third kappa shape index (κ3) is 6.06. The molecule has 0 aliphatic rings. The Kier molecular flexibility index (Phi) is 8.15. The number of nitrogens with zero attached hydrogens (tertiary/aromatic N) is 2. The summed E-state index contributed by atoms with van der Waals surface area (Å²) < 4.78 is 7.21. The van der Waals surface area contributed by atoms with E-state index in [1.807, 2.05) is 26.0 Å². The maximum atomic E-state index is 12.4. The number of aryl methyl sites for hydroxylation is 1. The number of hydrogen-bond donors (Lipinski definition) is 2. The number of nitriles is 1. The predicted molar refractivity (Wildman–Crippen MR) is 115 cm³/mol. The Bertz CT molecular complexity index is 1030. The number of amides is 2. The van der Waals surface area contributed by atoms with Crippen molar-refractivity contribution >= 4 is 23.9 Å². The number of rotatable bonds is 7. The molecule has 8 nitrogen and oxygen atoms in total. The molecule has 162 valence electrons. The number of carbonyl (C=O) groups is 3. The molecule has 0 aliphatic heterocycles. The SMILES string of the molecule is CCCn1c(C)cc(/C=C(\C#N)C(=O)O[C@@H](C)C(=O)NNC(=O)c2ccccc2)c1C. The molecule has 1 aromatic heterocycles. The molecule has 0 fully saturated rings. The fourth-order valence-electron chi connectivity index (χ4n) is 2.99. The van der Waals surface area contributed by atoms with Gasteiger partial charge in [-0.25, -0.2) is 4.79 Å². The van der Waals surface area contributed by atoms with Crippen LogP contribution in [-0.4, -0.2) is 28.5 Å². The van der Waals surface area contributed by atoms with E-state index < -0.39 is 23.9 Å². The quantitative estimate of drug-likeness (QED) is 0.308. The Labute approximate surface area is 181 Å². The maximum absolute atomic E-state index is 12.4. The number of ether oxygens (including phenoxy) is 1. The van der Waals surface area contributed by atoms with E-state index in [4.69, 9.17) is 4.74 Å². The van der Waals surface area contributed by atoms with Gasteiger partial charge in [-0.15, -0.1) is 0 Å². The summed E-state index contributed by atoms with van der Waals surface area (Å²) in [6.07, 6.45) is 1.20. The number of aromatic nitrogens is 1. The van der Waals surface area contributed by atoms with Gasteiger partial charge in [-0.2, -0.15) is 5.26 Å². The number of esters is 1. The Morgan fingerprint density at radius 1 is 1.19 bits per heavy atom. The van der Waals surface area contributed by atoms with E-state index >= 15 is 0 Å². The number of hydrazine groups is 1. The van der Waals surface area contributed by atoms with E-state index in [0.717, 1.165) is 29.9 Å². The van der Waals surface area contributed by atoms with Crippen molar-refractivity contribution in [3.63, 3.8) is 0 Å². The average molecular weight is 422 g/mol. The Morgan fingerprint density at radius 2 is 1.87 bits per heavy atom. The molecule has 0 bridgehead atoms. The number of nitrogens with one attached hydrogen (secondary N) is 2. The maximum Gasteiger partial charge on any atom is 0.349 e. The zero-order chi connectivity index (χ0) is 23.0. The molecule has 2 aromatic rings. The van der Waals surface area contributed by atoms with Gasteiger partial charge in [-0.05, 0) is 57.0 Å². The fraction of sp³-hybridized carbons (Fsp3) is 0.304. The van der Waals surface area contributed by atoms with Gasteiger partial charge in [0.25, 0.3) is 11.8 Å². The molecule has 8 heteroatoms. The fourth-order valence-corrected chi connectivity index (χ4v) is 2.99. The minimum atomic E-state index is -1.21. The predicted octanol–water partition coefficient (Wildman–Crippen LogP) is 2.81. The minimum Gasteiger partial charge on any atom is -0.448 e. The van der Waals surface area contributed by atoms with Gasteiger partial charge in [-0.3, -0.25) is 20.4 Å². The first kappa shape index (κ1) is 23.4. The lowest BCUT2D eigenvalue weighted by molar-refractivity contribution is -0.151. The third-order valence-corrected chi connectivity index (χ3v) is 4.69. The Morgan fingerprint density at radius 3 is 2.48 bits per heavy atom. The van der Waals surface area contributed by atoms with Crippen LogP contribution in [0.1, 0.15) is 47.6 Å². The second-order valence-electron chi connectivity index (χ2n) is 7.00. The second-order valence-corrected chi connectivity index (χ2v) is 7.00. The summed E-state index contributed by atoms with van der Waals surface area (Å²) in [5.74, 6) is -2.15. The van der Waals surface area contributed by atoms with Gasteiger partial charge in [-0.1, -0.05) is 25.1 Å². The molecule has 2 rings (SSSR count). The first-order valence-electron chi connectivity index (χ1n) is 9.93. The lowest BCUT2D eigenvalue weighted by Gasteiger charge is -2.13. The van der Waals surface area contributed by atoms with Crippen LogP contribution >= 0.6 is 0 Å². The van der Waals surface area contributed by atoms with Crippen LogP contribution in [0.2, 0.25) is 0 Å². The molecule has 0 aliphatic carbocycles. The zero-order valence-electron chi connectivity index (χ0n) is 18.1. The van der Waals surface area contributed by atoms with Crippen LogP contribution in [0, 0.1) is 25.2 Å². The lowest BCUT2D eigenvalue weighted by atomic mass is 10.1. The summed E-state index contributed by atoms with van der Waals surface area (Å²) in [6.45, 7) is 8.13. The average Bonchev–Trinajstić information content (AvgIpc) is 3.03. The summed E-state index contributed by atoms with van der Waals surface area (Å²) in [5, 5.41) is 9.40. The van der Waals surface area contributed by atoms with Crippen molar-refractivity contribution in [3.8, 4) is 6.07 Å². The van der Waals surface area contributed by atoms with Gasteiger partial charge in [0, 0.05) is 23.5 Å². The van der Waals surface area contributed by atoms with Crippen molar-refractivity contribution in [2.75, 3.05) is 0 Å². The molecule has 1 aromatic carbocycles. The molecule has 0 radical (unpaired) electrons. The molecule has 2 amide bonds. The van der Waals surface area contributed by atoms with Crippen molar-refractivity contribution in [1.82, 2.24) is 15.4 Å². The van der Waals surface area contributed by atoms with E-state index in [9.17, 15) is 19.6 Å². The molecule has 0 saturated heterocycles. The highest BCUT2D eigenvalue weighted by molar-refractivity contribution is 6.00. The van der Waals surface area contributed by atoms with Crippen molar-refractivity contribution in [2.45, 2.75) is 46.8 Å². The summed E-state index contributed by atoms with van der Waals surface area (Å²) in [5.41, 5.74) is 7.31. The van der Waals surface area contributed by atoms with Gasteiger partial charge in [0.1, 0.15) is 11.6 Å². The van der Waals surface area contributed by atoms with E-state index in [-0.39, 0.29) is 5.57 Å². The summed E-state index contributed by atoms with van der Waals surface area (Å²) in [4.78, 5) is 36.5. The van der Waals surface area contributed by atoms with Crippen LogP contribution in [0.25, 0.3) is 6.08 Å². The smallest absolute Gasteiger partial charge is 0.349 e. The van der Waals surface area contributed by atoms with Gasteiger partial charge in [0.05, 0.1) is 0 Å². The van der Waals surface area contributed by atoms with E-state index in [2.05, 4.69) is 22.3 Å². The highest BCUT2D eigenvalue weighted by atomic mass is 16.5. The van der Waals surface area contributed by atoms with Gasteiger partial charge >= 0.3 is 5.97 Å². The molecular weight excluding hydrogens is 396 g/mol.